The summed E-state index contributed by atoms with van der Waals surface area (Å²) in [5.41, 5.74) is 2.00. The molecule has 0 unspecified atom stereocenters. The Morgan fingerprint density at radius 2 is 2.18 bits per heavy atom. The molecule has 1 aromatic rings. The molecule has 1 fully saturated rings. The van der Waals surface area contributed by atoms with Gasteiger partial charge in [-0.15, -0.1) is 0 Å². The van der Waals surface area contributed by atoms with Gasteiger partial charge in [0.15, 0.2) is 5.78 Å². The quantitative estimate of drug-likeness (QED) is 0.781. The van der Waals surface area contributed by atoms with Crippen LogP contribution in [0.15, 0.2) is 34.3 Å². The number of carbonyl (C=O) groups is 1. The summed E-state index contributed by atoms with van der Waals surface area (Å²) in [7, 11) is 0. The van der Waals surface area contributed by atoms with Crippen LogP contribution in [-0.4, -0.2) is 30.3 Å². The van der Waals surface area contributed by atoms with Crippen molar-refractivity contribution in [1.82, 2.24) is 4.90 Å². The second-order valence-electron chi connectivity index (χ2n) is 4.23. The number of carbonyl (C=O) groups excluding carboxylic acids is 1. The number of ketones is 1. The Balaban J connectivity index is 2.25. The Labute approximate surface area is 110 Å². The molecule has 0 radical (unpaired) electrons. The first-order valence-corrected chi connectivity index (χ1v) is 6.70. The minimum absolute atomic E-state index is 0.283. The van der Waals surface area contributed by atoms with Gasteiger partial charge in [-0.25, -0.2) is 0 Å². The second-order valence-corrected chi connectivity index (χ2v) is 5.09. The maximum absolute atomic E-state index is 11.9. The third-order valence-electron chi connectivity index (χ3n) is 3.09. The maximum Gasteiger partial charge on any atom is 0.161 e. The summed E-state index contributed by atoms with van der Waals surface area (Å²) in [6.45, 7) is 4.80. The first-order valence-electron chi connectivity index (χ1n) is 5.91. The first-order chi connectivity index (χ1) is 8.20. The molecule has 1 aliphatic rings. The van der Waals surface area contributed by atoms with E-state index in [0.29, 0.717) is 6.42 Å². The number of halogens is 1. The van der Waals surface area contributed by atoms with E-state index in [-0.39, 0.29) is 5.78 Å². The number of nitrogens with zero attached hydrogens (tertiary/aromatic N) is 1. The lowest BCUT2D eigenvalue weighted by atomic mass is 10.0. The SMILES string of the molecule is CCN1CCC(=O)/C(=C/c2ccccc2Br)C1. The number of likely N-dealkylation sites (tertiary alicyclic amines) is 1. The van der Waals surface area contributed by atoms with Crippen LogP contribution in [0.25, 0.3) is 6.08 Å². The summed E-state index contributed by atoms with van der Waals surface area (Å²) in [5, 5.41) is 0. The molecule has 1 aliphatic heterocycles. The molecule has 90 valence electrons. The first kappa shape index (κ1) is 12.5. The predicted octanol–water partition coefficient (Wildman–Crippen LogP) is 3.13. The lowest BCUT2D eigenvalue weighted by Crippen LogP contribution is -2.35. The van der Waals surface area contributed by atoms with Gasteiger partial charge >= 0.3 is 0 Å². The van der Waals surface area contributed by atoms with Gasteiger partial charge in [0.2, 0.25) is 0 Å². The van der Waals surface area contributed by atoms with Crippen LogP contribution in [0.1, 0.15) is 18.9 Å². The van der Waals surface area contributed by atoms with Crippen LogP contribution in [0.5, 0.6) is 0 Å². The van der Waals surface area contributed by atoms with Crippen molar-refractivity contribution in [1.29, 1.82) is 0 Å². The lowest BCUT2D eigenvalue weighted by molar-refractivity contribution is -0.117. The molecule has 2 nitrogen and oxygen atoms in total. The number of hydrogen-bond donors (Lipinski definition) is 0. The minimum atomic E-state index is 0.283. The largest absolute Gasteiger partial charge is 0.299 e. The highest BCUT2D eigenvalue weighted by Gasteiger charge is 2.20. The zero-order valence-corrected chi connectivity index (χ0v) is 11.5. The summed E-state index contributed by atoms with van der Waals surface area (Å²) in [5.74, 6) is 0.283. The van der Waals surface area contributed by atoms with Crippen molar-refractivity contribution >= 4 is 27.8 Å². The third-order valence-corrected chi connectivity index (χ3v) is 3.81. The van der Waals surface area contributed by atoms with Crippen LogP contribution in [0, 0.1) is 0 Å². The molecule has 0 saturated carbocycles. The fraction of sp³-hybridized carbons (Fsp3) is 0.357. The van der Waals surface area contributed by atoms with Gasteiger partial charge < -0.3 is 0 Å². The third kappa shape index (κ3) is 3.05. The lowest BCUT2D eigenvalue weighted by Gasteiger charge is -2.26. The van der Waals surface area contributed by atoms with Crippen molar-refractivity contribution in [3.63, 3.8) is 0 Å². The molecule has 1 aromatic carbocycles. The Morgan fingerprint density at radius 3 is 2.88 bits per heavy atom. The van der Waals surface area contributed by atoms with Gasteiger partial charge in [-0.2, -0.15) is 0 Å². The van der Waals surface area contributed by atoms with Gasteiger partial charge in [-0.1, -0.05) is 41.1 Å². The van der Waals surface area contributed by atoms with Crippen molar-refractivity contribution in [2.24, 2.45) is 0 Å². The van der Waals surface area contributed by atoms with Crippen LogP contribution in [0.3, 0.4) is 0 Å². The van der Waals surface area contributed by atoms with Gasteiger partial charge in [-0.05, 0) is 24.3 Å². The average molecular weight is 294 g/mol. The van der Waals surface area contributed by atoms with Gasteiger partial charge in [0, 0.05) is 29.6 Å². The van der Waals surface area contributed by atoms with Gasteiger partial charge in [0.1, 0.15) is 0 Å². The van der Waals surface area contributed by atoms with Crippen molar-refractivity contribution in [2.75, 3.05) is 19.6 Å². The Kier molecular flexibility index (Phi) is 4.13. The Hall–Kier alpha value is -0.930. The summed E-state index contributed by atoms with van der Waals surface area (Å²) in [6.07, 6.45) is 2.65. The number of hydrogen-bond acceptors (Lipinski definition) is 2. The smallest absolute Gasteiger partial charge is 0.161 e. The van der Waals surface area contributed by atoms with Crippen LogP contribution in [0.2, 0.25) is 0 Å². The van der Waals surface area contributed by atoms with E-state index in [1.165, 1.54) is 0 Å². The molecule has 0 aliphatic carbocycles. The molecule has 0 N–H and O–H groups in total. The van der Waals surface area contributed by atoms with Crippen LogP contribution < -0.4 is 0 Å². The van der Waals surface area contributed by atoms with E-state index in [1.807, 2.05) is 30.3 Å². The molecule has 1 saturated heterocycles. The monoisotopic (exact) mass is 293 g/mol. The normalized spacial score (nSPS) is 19.9. The standard InChI is InChI=1S/C14H16BrNO/c1-2-16-8-7-14(17)12(10-16)9-11-5-3-4-6-13(11)15/h3-6,9H,2,7-8,10H2,1H3/b12-9+. The number of likely N-dealkylation sites (N-methyl/N-ethyl adjacent to an activating group) is 1. The molecule has 0 aromatic heterocycles. The number of piperidine rings is 1. The molecule has 0 spiro atoms. The summed E-state index contributed by atoms with van der Waals surface area (Å²) >= 11 is 3.51. The highest BCUT2D eigenvalue weighted by Crippen LogP contribution is 2.21. The molecule has 1 heterocycles. The fourth-order valence-corrected chi connectivity index (χ4v) is 2.40. The van der Waals surface area contributed by atoms with Gasteiger partial charge in [0.05, 0.1) is 0 Å². The molecular weight excluding hydrogens is 278 g/mol. The molecule has 17 heavy (non-hydrogen) atoms. The Bertz CT molecular complexity index is 453. The zero-order valence-electron chi connectivity index (χ0n) is 9.95. The Morgan fingerprint density at radius 1 is 1.41 bits per heavy atom. The van der Waals surface area contributed by atoms with E-state index >= 15 is 0 Å². The molecule has 3 heteroatoms. The van der Waals surface area contributed by atoms with Crippen molar-refractivity contribution in [3.05, 3.63) is 39.9 Å². The number of Topliss-reactive ketones (excluding diaryl/α,β-unsaturated/α-hetero) is 1. The molecule has 0 bridgehead atoms. The van der Waals surface area contributed by atoms with E-state index in [4.69, 9.17) is 0 Å². The molecule has 0 amide bonds. The van der Waals surface area contributed by atoms with Crippen LogP contribution >= 0.6 is 15.9 Å². The molecule has 0 atom stereocenters. The summed E-state index contributed by atoms with van der Waals surface area (Å²) < 4.78 is 1.04. The topological polar surface area (TPSA) is 20.3 Å². The fourth-order valence-electron chi connectivity index (χ4n) is 2.00. The zero-order chi connectivity index (χ0) is 12.3. The predicted molar refractivity (Wildman–Crippen MR) is 73.9 cm³/mol. The minimum Gasteiger partial charge on any atom is -0.299 e. The number of benzene rings is 1. The van der Waals surface area contributed by atoms with Gasteiger partial charge in [-0.3, -0.25) is 9.69 Å². The highest BCUT2D eigenvalue weighted by molar-refractivity contribution is 9.10. The van der Waals surface area contributed by atoms with E-state index in [9.17, 15) is 4.79 Å². The molecule has 2 rings (SSSR count). The summed E-state index contributed by atoms with van der Waals surface area (Å²) in [6, 6.07) is 7.99. The van der Waals surface area contributed by atoms with Crippen LogP contribution in [0.4, 0.5) is 0 Å². The van der Waals surface area contributed by atoms with Crippen molar-refractivity contribution < 1.29 is 4.79 Å². The molecular formula is C14H16BrNO. The average Bonchev–Trinajstić information content (AvgIpc) is 2.35. The van der Waals surface area contributed by atoms with E-state index in [0.717, 1.165) is 35.2 Å². The van der Waals surface area contributed by atoms with E-state index in [2.05, 4.69) is 27.8 Å². The number of rotatable bonds is 2. The van der Waals surface area contributed by atoms with E-state index in [1.54, 1.807) is 0 Å². The second kappa shape index (κ2) is 5.61. The van der Waals surface area contributed by atoms with Gasteiger partial charge in [0.25, 0.3) is 0 Å². The highest BCUT2D eigenvalue weighted by atomic mass is 79.9. The van der Waals surface area contributed by atoms with E-state index < -0.39 is 0 Å². The van der Waals surface area contributed by atoms with Crippen LogP contribution in [-0.2, 0) is 4.79 Å². The van der Waals surface area contributed by atoms with Crippen molar-refractivity contribution in [3.8, 4) is 0 Å². The van der Waals surface area contributed by atoms with Crippen molar-refractivity contribution in [2.45, 2.75) is 13.3 Å². The summed E-state index contributed by atoms with van der Waals surface area (Å²) in [4.78, 5) is 14.2. The maximum atomic E-state index is 11.9.